The van der Waals surface area contributed by atoms with E-state index in [-0.39, 0.29) is 11.9 Å². The Labute approximate surface area is 113 Å². The van der Waals surface area contributed by atoms with Crippen LogP contribution in [-0.2, 0) is 16.0 Å². The number of aryl methyl sites for hydroxylation is 1. The molecule has 1 aliphatic rings. The highest BCUT2D eigenvalue weighted by molar-refractivity contribution is 5.98. The van der Waals surface area contributed by atoms with Crippen LogP contribution in [0, 0.1) is 0 Å². The summed E-state index contributed by atoms with van der Waals surface area (Å²) < 4.78 is 5.33. The van der Waals surface area contributed by atoms with Gasteiger partial charge in [-0.2, -0.15) is 0 Å². The first kappa shape index (κ1) is 13.6. The van der Waals surface area contributed by atoms with E-state index >= 15 is 0 Å². The van der Waals surface area contributed by atoms with Gasteiger partial charge >= 0.3 is 5.97 Å². The third-order valence-corrected chi connectivity index (χ3v) is 2.96. The van der Waals surface area contributed by atoms with Crippen LogP contribution >= 0.6 is 0 Å². The minimum absolute atomic E-state index is 0.205. The van der Waals surface area contributed by atoms with Crippen LogP contribution in [0.4, 0.5) is 0 Å². The predicted molar refractivity (Wildman–Crippen MR) is 71.9 cm³/mol. The Bertz CT molecular complexity index is 502. The van der Waals surface area contributed by atoms with Crippen LogP contribution in [0.5, 0.6) is 0 Å². The Balaban J connectivity index is 2.13. The van der Waals surface area contributed by atoms with Gasteiger partial charge in [-0.05, 0) is 45.2 Å². The van der Waals surface area contributed by atoms with Gasteiger partial charge in [0.2, 0.25) is 0 Å². The zero-order valence-corrected chi connectivity index (χ0v) is 11.5. The van der Waals surface area contributed by atoms with Gasteiger partial charge < -0.3 is 10.1 Å². The van der Waals surface area contributed by atoms with Crippen molar-refractivity contribution in [1.82, 2.24) is 5.32 Å². The fourth-order valence-corrected chi connectivity index (χ4v) is 2.12. The SMILES string of the molecule is CC(C)(C)OC(=O)C1CCc2ccccc2C(=O)N1. The zero-order chi connectivity index (χ0) is 14.0. The first-order valence-corrected chi connectivity index (χ1v) is 6.48. The van der Waals surface area contributed by atoms with E-state index in [1.165, 1.54) is 0 Å². The molecule has 0 saturated carbocycles. The summed E-state index contributed by atoms with van der Waals surface area (Å²) in [7, 11) is 0. The number of ether oxygens (including phenoxy) is 1. The monoisotopic (exact) mass is 261 g/mol. The lowest BCUT2D eigenvalue weighted by molar-refractivity contribution is -0.157. The van der Waals surface area contributed by atoms with Gasteiger partial charge in [0.1, 0.15) is 11.6 Å². The maximum absolute atomic E-state index is 12.1. The van der Waals surface area contributed by atoms with Crippen molar-refractivity contribution in [2.75, 3.05) is 0 Å². The van der Waals surface area contributed by atoms with Gasteiger partial charge in [-0.1, -0.05) is 18.2 Å². The van der Waals surface area contributed by atoms with Gasteiger partial charge in [-0.25, -0.2) is 4.79 Å². The van der Waals surface area contributed by atoms with Gasteiger partial charge in [0.15, 0.2) is 0 Å². The summed E-state index contributed by atoms with van der Waals surface area (Å²) in [6.07, 6.45) is 1.26. The summed E-state index contributed by atoms with van der Waals surface area (Å²) in [6, 6.07) is 6.86. The van der Waals surface area contributed by atoms with E-state index in [9.17, 15) is 9.59 Å². The molecule has 19 heavy (non-hydrogen) atoms. The molecule has 0 radical (unpaired) electrons. The van der Waals surface area contributed by atoms with Crippen molar-refractivity contribution in [1.29, 1.82) is 0 Å². The van der Waals surface area contributed by atoms with Crippen molar-refractivity contribution < 1.29 is 14.3 Å². The van der Waals surface area contributed by atoms with Gasteiger partial charge in [-0.3, -0.25) is 4.79 Å². The second-order valence-electron chi connectivity index (χ2n) is 5.76. The van der Waals surface area contributed by atoms with E-state index in [1.54, 1.807) is 6.07 Å². The van der Waals surface area contributed by atoms with Crippen LogP contribution in [-0.4, -0.2) is 23.5 Å². The number of amides is 1. The molecule has 1 aromatic carbocycles. The molecule has 0 bridgehead atoms. The van der Waals surface area contributed by atoms with Gasteiger partial charge in [-0.15, -0.1) is 0 Å². The summed E-state index contributed by atoms with van der Waals surface area (Å²) in [5, 5.41) is 2.74. The Morgan fingerprint density at radius 2 is 2.00 bits per heavy atom. The lowest BCUT2D eigenvalue weighted by Gasteiger charge is -2.23. The number of nitrogens with one attached hydrogen (secondary N) is 1. The third-order valence-electron chi connectivity index (χ3n) is 2.96. The molecule has 1 amide bonds. The molecule has 1 heterocycles. The minimum Gasteiger partial charge on any atom is -0.458 e. The lowest BCUT2D eigenvalue weighted by Crippen LogP contribution is -2.43. The molecule has 0 aromatic heterocycles. The highest BCUT2D eigenvalue weighted by Gasteiger charge is 2.29. The topological polar surface area (TPSA) is 55.4 Å². The molecule has 4 nitrogen and oxygen atoms in total. The van der Waals surface area contributed by atoms with Crippen molar-refractivity contribution in [2.45, 2.75) is 45.3 Å². The van der Waals surface area contributed by atoms with E-state index in [0.717, 1.165) is 5.56 Å². The number of benzene rings is 1. The number of carbonyl (C=O) groups excluding carboxylic acids is 2. The number of rotatable bonds is 1. The second-order valence-corrected chi connectivity index (χ2v) is 5.76. The number of hydrogen-bond acceptors (Lipinski definition) is 3. The fraction of sp³-hybridized carbons (Fsp3) is 0.467. The first-order chi connectivity index (χ1) is 8.87. The van der Waals surface area contributed by atoms with E-state index < -0.39 is 11.6 Å². The van der Waals surface area contributed by atoms with Crippen LogP contribution in [0.2, 0.25) is 0 Å². The molecule has 1 aliphatic heterocycles. The van der Waals surface area contributed by atoms with E-state index in [1.807, 2.05) is 39.0 Å². The number of fused-ring (bicyclic) bond motifs is 1. The van der Waals surface area contributed by atoms with Crippen LogP contribution in [0.3, 0.4) is 0 Å². The molecule has 0 aliphatic carbocycles. The summed E-state index contributed by atoms with van der Waals surface area (Å²) in [5.41, 5.74) is 1.08. The number of hydrogen-bond donors (Lipinski definition) is 1. The molecule has 1 N–H and O–H groups in total. The average molecular weight is 261 g/mol. The van der Waals surface area contributed by atoms with Gasteiger partial charge in [0, 0.05) is 5.56 Å². The quantitative estimate of drug-likeness (QED) is 0.787. The van der Waals surface area contributed by atoms with Crippen LogP contribution in [0.25, 0.3) is 0 Å². The number of carbonyl (C=O) groups is 2. The maximum atomic E-state index is 12.1. The minimum atomic E-state index is -0.570. The zero-order valence-electron chi connectivity index (χ0n) is 11.5. The smallest absolute Gasteiger partial charge is 0.329 e. The average Bonchev–Trinajstić information content (AvgIpc) is 2.48. The lowest BCUT2D eigenvalue weighted by atomic mass is 10.0. The van der Waals surface area contributed by atoms with E-state index in [2.05, 4.69) is 5.32 Å². The standard InChI is InChI=1S/C15H19NO3/c1-15(2,3)19-14(18)12-9-8-10-6-4-5-7-11(10)13(17)16-12/h4-7,12H,8-9H2,1-3H3,(H,16,17). The molecular weight excluding hydrogens is 242 g/mol. The Morgan fingerprint density at radius 3 is 2.68 bits per heavy atom. The van der Waals surface area contributed by atoms with Crippen molar-refractivity contribution >= 4 is 11.9 Å². The van der Waals surface area contributed by atoms with E-state index in [0.29, 0.717) is 18.4 Å². The Kier molecular flexibility index (Phi) is 3.60. The molecule has 0 saturated heterocycles. The summed E-state index contributed by atoms with van der Waals surface area (Å²) in [5.74, 6) is -0.572. The fourth-order valence-electron chi connectivity index (χ4n) is 2.12. The highest BCUT2D eigenvalue weighted by atomic mass is 16.6. The van der Waals surface area contributed by atoms with Crippen LogP contribution in [0.15, 0.2) is 24.3 Å². The molecule has 0 spiro atoms. The van der Waals surface area contributed by atoms with Gasteiger partial charge in [0.25, 0.3) is 5.91 Å². The van der Waals surface area contributed by atoms with Crippen LogP contribution < -0.4 is 5.32 Å². The summed E-state index contributed by atoms with van der Waals surface area (Å²) >= 11 is 0. The Morgan fingerprint density at radius 1 is 1.32 bits per heavy atom. The van der Waals surface area contributed by atoms with Crippen molar-refractivity contribution in [3.05, 3.63) is 35.4 Å². The van der Waals surface area contributed by atoms with Crippen LogP contribution in [0.1, 0.15) is 43.1 Å². The highest BCUT2D eigenvalue weighted by Crippen LogP contribution is 2.18. The molecule has 4 heteroatoms. The normalized spacial score (nSPS) is 19.1. The largest absolute Gasteiger partial charge is 0.458 e. The third kappa shape index (κ3) is 3.34. The molecule has 2 rings (SSSR count). The van der Waals surface area contributed by atoms with Crippen molar-refractivity contribution in [3.8, 4) is 0 Å². The summed E-state index contributed by atoms with van der Waals surface area (Å²) in [4.78, 5) is 24.1. The molecule has 0 fully saturated rings. The first-order valence-electron chi connectivity index (χ1n) is 6.48. The van der Waals surface area contributed by atoms with E-state index in [4.69, 9.17) is 4.74 Å². The number of esters is 1. The summed E-state index contributed by atoms with van der Waals surface area (Å²) in [6.45, 7) is 5.45. The molecular formula is C15H19NO3. The molecule has 1 unspecified atom stereocenters. The molecule has 1 atom stereocenters. The predicted octanol–water partition coefficient (Wildman–Crippen LogP) is 2.07. The Hall–Kier alpha value is -1.84. The van der Waals surface area contributed by atoms with Crippen molar-refractivity contribution in [2.24, 2.45) is 0 Å². The molecule has 102 valence electrons. The van der Waals surface area contributed by atoms with Crippen molar-refractivity contribution in [3.63, 3.8) is 0 Å². The maximum Gasteiger partial charge on any atom is 0.329 e. The second kappa shape index (κ2) is 5.03. The molecule has 1 aromatic rings. The van der Waals surface area contributed by atoms with Gasteiger partial charge in [0.05, 0.1) is 0 Å².